The zero-order valence-electron chi connectivity index (χ0n) is 15.6. The molecule has 21 heavy (non-hydrogen) atoms. The number of hydrogen-bond donors (Lipinski definition) is 1. The van der Waals surface area contributed by atoms with Crippen LogP contribution in [0.5, 0.6) is 0 Å². The average molecular weight is 351 g/mol. The van der Waals surface area contributed by atoms with E-state index < -0.39 is 19.3 Å². The Labute approximate surface area is 138 Å². The first-order valence-corrected chi connectivity index (χ1v) is 18.3. The number of rotatable bonds is 11. The lowest BCUT2D eigenvalue weighted by Crippen LogP contribution is -2.56. The van der Waals surface area contributed by atoms with Crippen molar-refractivity contribution in [1.82, 2.24) is 0 Å². The smallest absolute Gasteiger partial charge is 0.139 e. The highest BCUT2D eigenvalue weighted by atomic mass is 29.1. The molecule has 128 valence electrons. The van der Waals surface area contributed by atoms with Crippen molar-refractivity contribution in [2.45, 2.75) is 76.9 Å². The van der Waals surface area contributed by atoms with Gasteiger partial charge in [-0.3, -0.25) is 0 Å². The van der Waals surface area contributed by atoms with Crippen LogP contribution in [0.3, 0.4) is 0 Å². The second kappa shape index (κ2) is 8.98. The second-order valence-corrected chi connectivity index (χ2v) is 16.2. The van der Waals surface area contributed by atoms with Gasteiger partial charge in [-0.15, -0.1) is 0 Å². The first-order chi connectivity index (χ1) is 9.50. The van der Waals surface area contributed by atoms with E-state index in [4.69, 9.17) is 9.16 Å². The van der Waals surface area contributed by atoms with Crippen molar-refractivity contribution in [3.05, 3.63) is 0 Å². The summed E-state index contributed by atoms with van der Waals surface area (Å²) >= 11 is 0. The maximum absolute atomic E-state index is 11.0. The van der Waals surface area contributed by atoms with Gasteiger partial charge in [-0.05, 0) is 39.0 Å². The Morgan fingerprint density at radius 3 is 2.29 bits per heavy atom. The van der Waals surface area contributed by atoms with Gasteiger partial charge in [-0.2, -0.15) is 0 Å². The molecule has 0 saturated heterocycles. The maximum atomic E-state index is 11.0. The largest absolute Gasteiger partial charge is 0.428 e. The van der Waals surface area contributed by atoms with Crippen LogP contribution in [0.1, 0.15) is 40.0 Å². The van der Waals surface area contributed by atoms with Crippen molar-refractivity contribution in [2.24, 2.45) is 5.92 Å². The van der Waals surface area contributed by atoms with E-state index in [1.807, 2.05) is 6.92 Å². The molecule has 0 heterocycles. The monoisotopic (exact) mass is 350 g/mol. The molecule has 3 unspecified atom stereocenters. The van der Waals surface area contributed by atoms with E-state index in [9.17, 15) is 5.11 Å². The first-order valence-electron chi connectivity index (χ1n) is 8.35. The molecule has 0 aromatic rings. The van der Waals surface area contributed by atoms with Gasteiger partial charge in [0.1, 0.15) is 9.28 Å². The molecule has 1 N–H and O–H groups in total. The molecule has 0 aliphatic carbocycles. The molecule has 3 nitrogen and oxygen atoms in total. The normalized spacial score (nSPS) is 20.6. The van der Waals surface area contributed by atoms with Crippen LogP contribution in [-0.2, 0) is 9.16 Å². The average Bonchev–Trinajstić information content (AvgIpc) is 2.39. The summed E-state index contributed by atoms with van der Waals surface area (Å²) in [5, 5.41) is 11.0. The molecular formula is C15H38O3Si3. The fourth-order valence-corrected chi connectivity index (χ4v) is 5.33. The van der Waals surface area contributed by atoms with Crippen LogP contribution in [0.4, 0.5) is 0 Å². The predicted molar refractivity (Wildman–Crippen MR) is 102 cm³/mol. The zero-order valence-corrected chi connectivity index (χ0v) is 20.0. The molecule has 0 saturated carbocycles. The number of hydrogen-bond acceptors (Lipinski definition) is 3. The lowest BCUT2D eigenvalue weighted by molar-refractivity contribution is -0.180. The van der Waals surface area contributed by atoms with Crippen molar-refractivity contribution < 1.29 is 14.3 Å². The van der Waals surface area contributed by atoms with Gasteiger partial charge in [0.15, 0.2) is 0 Å². The van der Waals surface area contributed by atoms with Crippen LogP contribution < -0.4 is 0 Å². The van der Waals surface area contributed by atoms with Gasteiger partial charge in [0.05, 0.1) is 11.2 Å². The van der Waals surface area contributed by atoms with Gasteiger partial charge in [0.25, 0.3) is 0 Å². The highest BCUT2D eigenvalue weighted by Crippen LogP contribution is 2.39. The minimum Gasteiger partial charge on any atom is -0.428 e. The minimum atomic E-state index is -1.16. The van der Waals surface area contributed by atoms with Gasteiger partial charge in [-0.25, -0.2) is 0 Å². The highest BCUT2D eigenvalue weighted by Gasteiger charge is 2.47. The summed E-state index contributed by atoms with van der Waals surface area (Å²) in [6.07, 6.45) is 2.93. The Hall–Kier alpha value is 0.531. The molecule has 0 rings (SSSR count). The standard InChI is InChI=1S/C15H38O3Si3/c1-13(9-8-11-18-20-19)15(3,17-4)14(2,16)10-12-21(5,6)7/h13,16H,8-12,20H2,1-7,19H3. The number of methoxy groups -OCH3 is 1. The van der Waals surface area contributed by atoms with E-state index in [-0.39, 0.29) is 9.28 Å². The number of ether oxygens (including phenoxy) is 1. The molecule has 0 aliphatic rings. The van der Waals surface area contributed by atoms with Gasteiger partial charge in [-0.1, -0.05) is 32.6 Å². The van der Waals surface area contributed by atoms with Crippen LogP contribution >= 0.6 is 0 Å². The molecule has 0 amide bonds. The van der Waals surface area contributed by atoms with E-state index in [1.54, 1.807) is 7.11 Å². The Bertz CT molecular complexity index is 292. The lowest BCUT2D eigenvalue weighted by Gasteiger charge is -2.46. The highest BCUT2D eigenvalue weighted by molar-refractivity contribution is 6.85. The molecule has 6 heteroatoms. The van der Waals surface area contributed by atoms with Gasteiger partial charge < -0.3 is 14.3 Å². The topological polar surface area (TPSA) is 38.7 Å². The SMILES string of the molecule is COC(C)(C(C)CCCO[SiH2][SiH3])C(C)(O)CC[Si](C)(C)C. The molecule has 0 spiro atoms. The molecular weight excluding hydrogens is 312 g/mol. The van der Waals surface area contributed by atoms with E-state index in [2.05, 4.69) is 33.5 Å². The van der Waals surface area contributed by atoms with Crippen molar-refractivity contribution in [1.29, 1.82) is 0 Å². The van der Waals surface area contributed by atoms with Crippen molar-refractivity contribution in [3.8, 4) is 0 Å². The fourth-order valence-electron chi connectivity index (χ4n) is 2.73. The van der Waals surface area contributed by atoms with E-state index in [0.717, 1.165) is 31.9 Å². The zero-order chi connectivity index (χ0) is 16.7. The molecule has 3 atom stereocenters. The third-order valence-electron chi connectivity index (χ3n) is 4.93. The Balaban J connectivity index is 4.72. The van der Waals surface area contributed by atoms with Crippen LogP contribution in [0.15, 0.2) is 0 Å². The van der Waals surface area contributed by atoms with Gasteiger partial charge in [0, 0.05) is 31.6 Å². The predicted octanol–water partition coefficient (Wildman–Crippen LogP) is 1.67. The van der Waals surface area contributed by atoms with E-state index in [1.165, 1.54) is 9.76 Å². The van der Waals surface area contributed by atoms with Crippen molar-refractivity contribution in [3.63, 3.8) is 0 Å². The minimum absolute atomic E-state index is 0.159. The Morgan fingerprint density at radius 2 is 1.86 bits per heavy atom. The molecule has 0 aromatic carbocycles. The summed E-state index contributed by atoms with van der Waals surface area (Å²) in [5.74, 6) is 0.318. The summed E-state index contributed by atoms with van der Waals surface area (Å²) in [4.78, 5) is 0. The number of aliphatic hydroxyl groups is 1. The van der Waals surface area contributed by atoms with Gasteiger partial charge in [0.2, 0.25) is 0 Å². The summed E-state index contributed by atoms with van der Waals surface area (Å²) in [6, 6.07) is 1.13. The maximum Gasteiger partial charge on any atom is 0.139 e. The molecule has 0 aromatic heterocycles. The van der Waals surface area contributed by atoms with Crippen molar-refractivity contribution >= 4 is 27.1 Å². The summed E-state index contributed by atoms with van der Waals surface area (Å²) in [5.41, 5.74) is -1.28. The fraction of sp³-hybridized carbons (Fsp3) is 1.00. The molecule has 0 fully saturated rings. The Morgan fingerprint density at radius 1 is 1.29 bits per heavy atom. The van der Waals surface area contributed by atoms with Crippen molar-refractivity contribution in [2.75, 3.05) is 13.7 Å². The lowest BCUT2D eigenvalue weighted by atomic mass is 9.73. The van der Waals surface area contributed by atoms with Crippen LogP contribution in [0, 0.1) is 5.92 Å². The van der Waals surface area contributed by atoms with Crippen LogP contribution in [0.25, 0.3) is 0 Å². The van der Waals surface area contributed by atoms with E-state index >= 15 is 0 Å². The molecule has 0 bridgehead atoms. The summed E-state index contributed by atoms with van der Waals surface area (Å²) in [7, 11) is 1.66. The van der Waals surface area contributed by atoms with Gasteiger partial charge >= 0.3 is 0 Å². The second-order valence-electron chi connectivity index (χ2n) is 7.89. The third kappa shape index (κ3) is 7.09. The van der Waals surface area contributed by atoms with E-state index in [0.29, 0.717) is 5.92 Å². The molecule has 0 aliphatic heterocycles. The summed E-state index contributed by atoms with van der Waals surface area (Å²) in [6.45, 7) is 14.2. The first kappa shape index (κ1) is 21.5. The summed E-state index contributed by atoms with van der Waals surface area (Å²) < 4.78 is 11.4. The third-order valence-corrected chi connectivity index (χ3v) is 8.60. The molecule has 0 radical (unpaired) electrons. The van der Waals surface area contributed by atoms with Crippen LogP contribution in [-0.4, -0.2) is 57.1 Å². The Kier molecular flexibility index (Phi) is 9.21. The quantitative estimate of drug-likeness (QED) is 0.455. The van der Waals surface area contributed by atoms with Crippen LogP contribution in [0.2, 0.25) is 25.7 Å².